The van der Waals surface area contributed by atoms with E-state index >= 15 is 0 Å². The SMILES string of the molecule is C=C(C)CCOC1CCCC1CN. The van der Waals surface area contributed by atoms with E-state index in [-0.39, 0.29) is 0 Å². The standard InChI is InChI=1S/C11H21NO/c1-9(2)6-7-13-11-5-3-4-10(11)8-12/h10-11H,1,3-8,12H2,2H3. The average molecular weight is 183 g/mol. The molecule has 0 aliphatic heterocycles. The molecule has 0 saturated heterocycles. The van der Waals surface area contributed by atoms with Crippen molar-refractivity contribution in [2.75, 3.05) is 13.2 Å². The van der Waals surface area contributed by atoms with Crippen LogP contribution in [0.5, 0.6) is 0 Å². The van der Waals surface area contributed by atoms with E-state index in [4.69, 9.17) is 10.5 Å². The van der Waals surface area contributed by atoms with Gasteiger partial charge in [-0.05, 0) is 38.6 Å². The lowest BCUT2D eigenvalue weighted by Crippen LogP contribution is -2.25. The molecule has 1 aliphatic carbocycles. The molecule has 1 saturated carbocycles. The van der Waals surface area contributed by atoms with Crippen molar-refractivity contribution < 1.29 is 4.74 Å². The number of hydrogen-bond donors (Lipinski definition) is 1. The summed E-state index contributed by atoms with van der Waals surface area (Å²) < 4.78 is 5.78. The molecule has 2 nitrogen and oxygen atoms in total. The molecule has 76 valence electrons. The Bertz CT molecular complexity index is 167. The Morgan fingerprint density at radius 2 is 2.31 bits per heavy atom. The lowest BCUT2D eigenvalue weighted by molar-refractivity contribution is 0.0321. The Kier molecular flexibility index (Phi) is 4.46. The molecular formula is C11H21NO. The molecule has 2 N–H and O–H groups in total. The van der Waals surface area contributed by atoms with Gasteiger partial charge in [-0.15, -0.1) is 6.58 Å². The van der Waals surface area contributed by atoms with Gasteiger partial charge in [0.25, 0.3) is 0 Å². The first kappa shape index (κ1) is 10.7. The van der Waals surface area contributed by atoms with Crippen molar-refractivity contribution in [3.05, 3.63) is 12.2 Å². The first-order valence-corrected chi connectivity index (χ1v) is 5.20. The molecular weight excluding hydrogens is 162 g/mol. The van der Waals surface area contributed by atoms with Crippen LogP contribution < -0.4 is 5.73 Å². The van der Waals surface area contributed by atoms with Gasteiger partial charge in [0.15, 0.2) is 0 Å². The Labute approximate surface area is 81.1 Å². The Balaban J connectivity index is 2.16. The highest BCUT2D eigenvalue weighted by Gasteiger charge is 2.26. The van der Waals surface area contributed by atoms with E-state index in [9.17, 15) is 0 Å². The van der Waals surface area contributed by atoms with Crippen LogP contribution in [0.25, 0.3) is 0 Å². The third-order valence-electron chi connectivity index (χ3n) is 2.75. The van der Waals surface area contributed by atoms with E-state index in [1.807, 2.05) is 6.92 Å². The van der Waals surface area contributed by atoms with Crippen LogP contribution in [0.4, 0.5) is 0 Å². The number of ether oxygens (including phenoxy) is 1. The summed E-state index contributed by atoms with van der Waals surface area (Å²) in [6, 6.07) is 0. The van der Waals surface area contributed by atoms with E-state index in [2.05, 4.69) is 6.58 Å². The normalized spacial score (nSPS) is 27.8. The quantitative estimate of drug-likeness (QED) is 0.662. The zero-order chi connectivity index (χ0) is 9.68. The average Bonchev–Trinajstić information content (AvgIpc) is 2.51. The van der Waals surface area contributed by atoms with Crippen LogP contribution in [-0.2, 0) is 4.74 Å². The molecule has 0 radical (unpaired) electrons. The third kappa shape index (κ3) is 3.49. The van der Waals surface area contributed by atoms with Crippen LogP contribution in [0.15, 0.2) is 12.2 Å². The summed E-state index contributed by atoms with van der Waals surface area (Å²) in [5, 5.41) is 0. The smallest absolute Gasteiger partial charge is 0.0615 e. The van der Waals surface area contributed by atoms with Crippen molar-refractivity contribution in [1.82, 2.24) is 0 Å². The van der Waals surface area contributed by atoms with Gasteiger partial charge in [0.2, 0.25) is 0 Å². The van der Waals surface area contributed by atoms with E-state index in [0.29, 0.717) is 12.0 Å². The second-order valence-corrected chi connectivity index (χ2v) is 4.04. The maximum atomic E-state index is 5.78. The molecule has 13 heavy (non-hydrogen) atoms. The Morgan fingerprint density at radius 3 is 2.92 bits per heavy atom. The van der Waals surface area contributed by atoms with Gasteiger partial charge in [-0.1, -0.05) is 12.0 Å². The Morgan fingerprint density at radius 1 is 1.54 bits per heavy atom. The monoisotopic (exact) mass is 183 g/mol. The topological polar surface area (TPSA) is 35.2 Å². The molecule has 0 aromatic heterocycles. The molecule has 0 aromatic carbocycles. The van der Waals surface area contributed by atoms with Gasteiger partial charge in [-0.3, -0.25) is 0 Å². The van der Waals surface area contributed by atoms with Crippen molar-refractivity contribution in [3.63, 3.8) is 0 Å². The van der Waals surface area contributed by atoms with Crippen LogP contribution in [-0.4, -0.2) is 19.3 Å². The fourth-order valence-corrected chi connectivity index (χ4v) is 1.88. The van der Waals surface area contributed by atoms with Crippen LogP contribution in [0.3, 0.4) is 0 Å². The second-order valence-electron chi connectivity index (χ2n) is 4.04. The highest BCUT2D eigenvalue weighted by molar-refractivity contribution is 4.87. The summed E-state index contributed by atoms with van der Waals surface area (Å²) in [5.74, 6) is 0.602. The summed E-state index contributed by atoms with van der Waals surface area (Å²) in [7, 11) is 0. The zero-order valence-corrected chi connectivity index (χ0v) is 8.59. The molecule has 0 aromatic rings. The van der Waals surface area contributed by atoms with Crippen molar-refractivity contribution in [2.24, 2.45) is 11.7 Å². The number of nitrogens with two attached hydrogens (primary N) is 1. The zero-order valence-electron chi connectivity index (χ0n) is 8.59. The van der Waals surface area contributed by atoms with Gasteiger partial charge < -0.3 is 10.5 Å². The summed E-state index contributed by atoms with van der Waals surface area (Å²) in [5.41, 5.74) is 6.85. The molecule has 2 unspecified atom stereocenters. The minimum atomic E-state index is 0.421. The van der Waals surface area contributed by atoms with E-state index in [1.54, 1.807) is 0 Å². The fourth-order valence-electron chi connectivity index (χ4n) is 1.88. The van der Waals surface area contributed by atoms with Gasteiger partial charge in [0, 0.05) is 0 Å². The number of rotatable bonds is 5. The van der Waals surface area contributed by atoms with Gasteiger partial charge in [0.1, 0.15) is 0 Å². The predicted molar refractivity (Wildman–Crippen MR) is 55.6 cm³/mol. The summed E-state index contributed by atoms with van der Waals surface area (Å²) in [4.78, 5) is 0. The fraction of sp³-hybridized carbons (Fsp3) is 0.818. The van der Waals surface area contributed by atoms with Crippen LogP contribution in [0.1, 0.15) is 32.6 Å². The minimum absolute atomic E-state index is 0.421. The van der Waals surface area contributed by atoms with Crippen LogP contribution >= 0.6 is 0 Å². The minimum Gasteiger partial charge on any atom is -0.378 e. The highest BCUT2D eigenvalue weighted by atomic mass is 16.5. The van der Waals surface area contributed by atoms with Crippen LogP contribution in [0.2, 0.25) is 0 Å². The lowest BCUT2D eigenvalue weighted by Gasteiger charge is -2.18. The van der Waals surface area contributed by atoms with Gasteiger partial charge >= 0.3 is 0 Å². The molecule has 2 heteroatoms. The lowest BCUT2D eigenvalue weighted by atomic mass is 10.1. The molecule has 0 spiro atoms. The highest BCUT2D eigenvalue weighted by Crippen LogP contribution is 2.27. The van der Waals surface area contributed by atoms with Crippen molar-refractivity contribution >= 4 is 0 Å². The third-order valence-corrected chi connectivity index (χ3v) is 2.75. The first-order chi connectivity index (χ1) is 6.24. The molecule has 0 amide bonds. The van der Waals surface area contributed by atoms with Crippen molar-refractivity contribution in [2.45, 2.75) is 38.7 Å². The molecule has 0 heterocycles. The van der Waals surface area contributed by atoms with Crippen LogP contribution in [0, 0.1) is 5.92 Å². The molecule has 1 rings (SSSR count). The van der Waals surface area contributed by atoms with E-state index in [0.717, 1.165) is 19.6 Å². The molecule has 1 fully saturated rings. The van der Waals surface area contributed by atoms with Gasteiger partial charge in [0.05, 0.1) is 12.7 Å². The molecule has 0 bridgehead atoms. The van der Waals surface area contributed by atoms with E-state index in [1.165, 1.54) is 24.8 Å². The summed E-state index contributed by atoms with van der Waals surface area (Å²) >= 11 is 0. The maximum Gasteiger partial charge on any atom is 0.0615 e. The van der Waals surface area contributed by atoms with E-state index < -0.39 is 0 Å². The maximum absolute atomic E-state index is 5.78. The predicted octanol–water partition coefficient (Wildman–Crippen LogP) is 2.10. The molecule has 2 atom stereocenters. The Hall–Kier alpha value is -0.340. The van der Waals surface area contributed by atoms with Crippen molar-refractivity contribution in [1.29, 1.82) is 0 Å². The second kappa shape index (κ2) is 5.40. The summed E-state index contributed by atoms with van der Waals surface area (Å²) in [6.07, 6.45) is 5.11. The van der Waals surface area contributed by atoms with Gasteiger partial charge in [-0.2, -0.15) is 0 Å². The van der Waals surface area contributed by atoms with Crippen molar-refractivity contribution in [3.8, 4) is 0 Å². The largest absolute Gasteiger partial charge is 0.378 e. The molecule has 1 aliphatic rings. The number of hydrogen-bond acceptors (Lipinski definition) is 2. The summed E-state index contributed by atoms with van der Waals surface area (Å²) in [6.45, 7) is 7.49. The first-order valence-electron chi connectivity index (χ1n) is 5.20. The van der Waals surface area contributed by atoms with Gasteiger partial charge in [-0.25, -0.2) is 0 Å².